The predicted octanol–water partition coefficient (Wildman–Crippen LogP) is 1.71. The largest absolute Gasteiger partial charge is 0.207 e. The van der Waals surface area contributed by atoms with Crippen LogP contribution in [0.2, 0.25) is 0 Å². The van der Waals surface area contributed by atoms with Crippen LogP contribution >= 0.6 is 0 Å². The van der Waals surface area contributed by atoms with Gasteiger partial charge in [-0.3, -0.25) is 0 Å². The van der Waals surface area contributed by atoms with Gasteiger partial charge in [-0.05, 0) is 30.7 Å². The molecule has 0 N–H and O–H groups in total. The van der Waals surface area contributed by atoms with Crippen LogP contribution in [-0.2, 0) is 0 Å². The first-order chi connectivity index (χ1) is 6.27. The third-order valence-electron chi connectivity index (χ3n) is 1.79. The molecule has 0 amide bonds. The van der Waals surface area contributed by atoms with E-state index >= 15 is 0 Å². The summed E-state index contributed by atoms with van der Waals surface area (Å²) in [7, 11) is 0. The fraction of sp³-hybridized carbons (Fsp3) is 0.111. The van der Waals surface area contributed by atoms with E-state index < -0.39 is 0 Å². The first kappa shape index (κ1) is 7.91. The molecule has 0 spiro atoms. The van der Waals surface area contributed by atoms with Crippen molar-refractivity contribution in [1.82, 2.24) is 15.0 Å². The average molecular weight is 177 g/mol. The van der Waals surface area contributed by atoms with Gasteiger partial charge in [-0.15, -0.1) is 0 Å². The molecule has 1 aromatic carbocycles. The SMILES string of the molecule is Cc1cc(-n2nccn2)ccc1F. The minimum Gasteiger partial charge on any atom is -0.207 e. The maximum Gasteiger partial charge on any atom is 0.126 e. The van der Waals surface area contributed by atoms with Gasteiger partial charge in [-0.25, -0.2) is 4.39 Å². The molecule has 1 aromatic heterocycles. The smallest absolute Gasteiger partial charge is 0.126 e. The summed E-state index contributed by atoms with van der Waals surface area (Å²) in [6.07, 6.45) is 3.16. The second-order valence-electron chi connectivity index (χ2n) is 2.75. The van der Waals surface area contributed by atoms with Crippen molar-refractivity contribution in [3.05, 3.63) is 42.0 Å². The standard InChI is InChI=1S/C9H8FN3/c1-7-6-8(2-3-9(7)10)13-11-4-5-12-13/h2-6H,1H3. The Balaban J connectivity index is 2.49. The van der Waals surface area contributed by atoms with Gasteiger partial charge >= 0.3 is 0 Å². The van der Waals surface area contributed by atoms with Gasteiger partial charge in [0.05, 0.1) is 18.1 Å². The molecule has 66 valence electrons. The van der Waals surface area contributed by atoms with E-state index in [4.69, 9.17) is 0 Å². The molecule has 0 saturated heterocycles. The number of hydrogen-bond donors (Lipinski definition) is 0. The Morgan fingerprint density at radius 1 is 1.23 bits per heavy atom. The third kappa shape index (κ3) is 1.42. The average Bonchev–Trinajstić information content (AvgIpc) is 2.62. The molecule has 3 nitrogen and oxygen atoms in total. The fourth-order valence-corrected chi connectivity index (χ4v) is 1.10. The van der Waals surface area contributed by atoms with Crippen molar-refractivity contribution < 1.29 is 4.39 Å². The van der Waals surface area contributed by atoms with Gasteiger partial charge in [0.1, 0.15) is 5.82 Å². The minimum absolute atomic E-state index is 0.212. The van der Waals surface area contributed by atoms with Gasteiger partial charge < -0.3 is 0 Å². The summed E-state index contributed by atoms with van der Waals surface area (Å²) < 4.78 is 12.9. The number of halogens is 1. The molecule has 0 aliphatic heterocycles. The molecule has 0 bridgehead atoms. The lowest BCUT2D eigenvalue weighted by molar-refractivity contribution is 0.616. The molecule has 0 fully saturated rings. The van der Waals surface area contributed by atoms with E-state index in [1.165, 1.54) is 10.9 Å². The Morgan fingerprint density at radius 3 is 2.54 bits per heavy atom. The molecule has 0 aliphatic rings. The van der Waals surface area contributed by atoms with E-state index in [2.05, 4.69) is 10.2 Å². The van der Waals surface area contributed by atoms with Gasteiger partial charge in [-0.2, -0.15) is 15.0 Å². The predicted molar refractivity (Wildman–Crippen MR) is 46.1 cm³/mol. The Hall–Kier alpha value is -1.71. The second kappa shape index (κ2) is 2.97. The highest BCUT2D eigenvalue weighted by Gasteiger charge is 2.00. The summed E-state index contributed by atoms with van der Waals surface area (Å²) in [6, 6.07) is 4.76. The minimum atomic E-state index is -0.212. The van der Waals surface area contributed by atoms with Gasteiger partial charge in [0, 0.05) is 0 Å². The molecule has 13 heavy (non-hydrogen) atoms. The van der Waals surface area contributed by atoms with E-state index in [0.29, 0.717) is 5.56 Å². The summed E-state index contributed by atoms with van der Waals surface area (Å²) in [5, 5.41) is 7.88. The highest BCUT2D eigenvalue weighted by atomic mass is 19.1. The Labute approximate surface area is 74.8 Å². The molecular formula is C9H8FN3. The number of nitrogens with zero attached hydrogens (tertiary/aromatic N) is 3. The Morgan fingerprint density at radius 2 is 1.92 bits per heavy atom. The highest BCUT2D eigenvalue weighted by molar-refractivity contribution is 5.33. The summed E-state index contributed by atoms with van der Waals surface area (Å²) >= 11 is 0. The van der Waals surface area contributed by atoms with Crippen molar-refractivity contribution >= 4 is 0 Å². The topological polar surface area (TPSA) is 30.7 Å². The van der Waals surface area contributed by atoms with Gasteiger partial charge in [-0.1, -0.05) is 0 Å². The first-order valence-corrected chi connectivity index (χ1v) is 3.90. The highest BCUT2D eigenvalue weighted by Crippen LogP contribution is 2.11. The van der Waals surface area contributed by atoms with Crippen LogP contribution in [0.3, 0.4) is 0 Å². The van der Waals surface area contributed by atoms with Gasteiger partial charge in [0.2, 0.25) is 0 Å². The van der Waals surface area contributed by atoms with Gasteiger partial charge in [0.25, 0.3) is 0 Å². The summed E-state index contributed by atoms with van der Waals surface area (Å²) in [4.78, 5) is 1.45. The lowest BCUT2D eigenvalue weighted by Crippen LogP contribution is -1.99. The monoisotopic (exact) mass is 177 g/mol. The van der Waals surface area contributed by atoms with E-state index in [0.717, 1.165) is 5.69 Å². The molecule has 4 heteroatoms. The summed E-state index contributed by atoms with van der Waals surface area (Å²) in [6.45, 7) is 1.71. The number of benzene rings is 1. The molecular weight excluding hydrogens is 169 g/mol. The number of rotatable bonds is 1. The maximum absolute atomic E-state index is 12.9. The molecule has 1 heterocycles. The zero-order chi connectivity index (χ0) is 9.26. The van der Waals surface area contributed by atoms with Crippen LogP contribution in [0.4, 0.5) is 4.39 Å². The summed E-state index contributed by atoms with van der Waals surface area (Å²) in [5.41, 5.74) is 1.36. The van der Waals surface area contributed by atoms with Crippen molar-refractivity contribution in [2.24, 2.45) is 0 Å². The first-order valence-electron chi connectivity index (χ1n) is 3.90. The Bertz CT molecular complexity index is 409. The van der Waals surface area contributed by atoms with E-state index in [1.54, 1.807) is 31.5 Å². The number of hydrogen-bond acceptors (Lipinski definition) is 2. The summed E-state index contributed by atoms with van der Waals surface area (Å²) in [5.74, 6) is -0.212. The molecule has 2 rings (SSSR count). The molecule has 0 saturated carbocycles. The van der Waals surface area contributed by atoms with E-state index in [9.17, 15) is 4.39 Å². The lowest BCUT2D eigenvalue weighted by Gasteiger charge is -2.01. The van der Waals surface area contributed by atoms with Crippen molar-refractivity contribution in [2.75, 3.05) is 0 Å². The van der Waals surface area contributed by atoms with Crippen LogP contribution in [-0.4, -0.2) is 15.0 Å². The lowest BCUT2D eigenvalue weighted by atomic mass is 10.2. The maximum atomic E-state index is 12.9. The van der Waals surface area contributed by atoms with Gasteiger partial charge in [0.15, 0.2) is 0 Å². The zero-order valence-corrected chi connectivity index (χ0v) is 7.11. The van der Waals surface area contributed by atoms with Crippen LogP contribution in [0, 0.1) is 12.7 Å². The van der Waals surface area contributed by atoms with Crippen LogP contribution in [0.15, 0.2) is 30.6 Å². The molecule has 0 radical (unpaired) electrons. The number of aryl methyl sites for hydroxylation is 1. The Kier molecular flexibility index (Phi) is 1.81. The van der Waals surface area contributed by atoms with E-state index in [1.807, 2.05) is 0 Å². The van der Waals surface area contributed by atoms with Crippen LogP contribution in [0.1, 0.15) is 5.56 Å². The quantitative estimate of drug-likeness (QED) is 0.664. The van der Waals surface area contributed by atoms with Crippen LogP contribution in [0.5, 0.6) is 0 Å². The van der Waals surface area contributed by atoms with Crippen molar-refractivity contribution in [3.63, 3.8) is 0 Å². The molecule has 0 unspecified atom stereocenters. The van der Waals surface area contributed by atoms with Crippen molar-refractivity contribution in [1.29, 1.82) is 0 Å². The molecule has 0 aliphatic carbocycles. The molecule has 2 aromatic rings. The van der Waals surface area contributed by atoms with Crippen LogP contribution < -0.4 is 0 Å². The number of aromatic nitrogens is 3. The molecule has 0 atom stereocenters. The van der Waals surface area contributed by atoms with E-state index in [-0.39, 0.29) is 5.82 Å². The van der Waals surface area contributed by atoms with Crippen molar-refractivity contribution in [3.8, 4) is 5.69 Å². The van der Waals surface area contributed by atoms with Crippen LogP contribution in [0.25, 0.3) is 5.69 Å². The second-order valence-corrected chi connectivity index (χ2v) is 2.75. The fourth-order valence-electron chi connectivity index (χ4n) is 1.10. The van der Waals surface area contributed by atoms with Crippen molar-refractivity contribution in [2.45, 2.75) is 6.92 Å². The zero-order valence-electron chi connectivity index (χ0n) is 7.11. The normalized spacial score (nSPS) is 10.3. The third-order valence-corrected chi connectivity index (χ3v) is 1.79.